The Labute approximate surface area is 116 Å². The Morgan fingerprint density at radius 3 is 3.00 bits per heavy atom. The first-order valence-corrected chi connectivity index (χ1v) is 7.11. The molecule has 0 aromatic heterocycles. The predicted octanol–water partition coefficient (Wildman–Crippen LogP) is 2.62. The molecule has 1 aromatic carbocycles. The lowest BCUT2D eigenvalue weighted by Gasteiger charge is -2.22. The zero-order chi connectivity index (χ0) is 13.7. The summed E-state index contributed by atoms with van der Waals surface area (Å²) in [5.41, 5.74) is 4.08. The Bertz CT molecular complexity index is 406. The van der Waals surface area contributed by atoms with Crippen LogP contribution in [0, 0.1) is 19.8 Å². The molecule has 3 nitrogen and oxygen atoms in total. The third kappa shape index (κ3) is 3.56. The fraction of sp³-hybridized carbons (Fsp3) is 0.625. The second kappa shape index (κ2) is 7.04. The van der Waals surface area contributed by atoms with E-state index in [0.29, 0.717) is 5.92 Å². The van der Waals surface area contributed by atoms with Crippen LogP contribution in [0.3, 0.4) is 0 Å². The minimum atomic E-state index is 0.245. The van der Waals surface area contributed by atoms with Crippen molar-refractivity contribution in [2.75, 3.05) is 33.4 Å². The number of nitrogens with one attached hydrogen (secondary N) is 1. The zero-order valence-electron chi connectivity index (χ0n) is 12.2. The number of rotatable bonds is 6. The highest BCUT2D eigenvalue weighted by molar-refractivity contribution is 5.35. The molecule has 0 saturated carbocycles. The van der Waals surface area contributed by atoms with Crippen LogP contribution in [0.25, 0.3) is 0 Å². The number of ether oxygens (including phenoxy) is 2. The Kier molecular flexibility index (Phi) is 5.37. The topological polar surface area (TPSA) is 30.5 Å². The van der Waals surface area contributed by atoms with Gasteiger partial charge in [0.05, 0.1) is 12.7 Å². The molecule has 0 bridgehead atoms. The molecular formula is C16H25NO2. The van der Waals surface area contributed by atoms with E-state index >= 15 is 0 Å². The van der Waals surface area contributed by atoms with E-state index < -0.39 is 0 Å². The molecular weight excluding hydrogens is 238 g/mol. The number of hydrogen-bond acceptors (Lipinski definition) is 3. The van der Waals surface area contributed by atoms with Gasteiger partial charge in [-0.3, -0.25) is 0 Å². The van der Waals surface area contributed by atoms with Crippen LogP contribution in [0.5, 0.6) is 0 Å². The first-order valence-electron chi connectivity index (χ1n) is 7.11. The molecule has 0 spiro atoms. The van der Waals surface area contributed by atoms with Crippen molar-refractivity contribution in [2.45, 2.75) is 26.4 Å². The summed E-state index contributed by atoms with van der Waals surface area (Å²) in [5.74, 6) is 0.567. The van der Waals surface area contributed by atoms with Crippen LogP contribution in [0.4, 0.5) is 0 Å². The average Bonchev–Trinajstić information content (AvgIpc) is 2.86. The summed E-state index contributed by atoms with van der Waals surface area (Å²) in [6.45, 7) is 7.91. The molecule has 1 heterocycles. The average molecular weight is 263 g/mol. The molecule has 3 heteroatoms. The fourth-order valence-electron chi connectivity index (χ4n) is 2.73. The summed E-state index contributed by atoms with van der Waals surface area (Å²) in [6, 6.07) is 6.51. The van der Waals surface area contributed by atoms with Crippen LogP contribution >= 0.6 is 0 Å². The van der Waals surface area contributed by atoms with Crippen molar-refractivity contribution in [3.8, 4) is 0 Å². The second-order valence-corrected chi connectivity index (χ2v) is 5.33. The lowest BCUT2D eigenvalue weighted by Crippen LogP contribution is -2.27. The maximum atomic E-state index is 5.97. The number of hydrogen-bond donors (Lipinski definition) is 1. The van der Waals surface area contributed by atoms with Crippen LogP contribution in [0.15, 0.2) is 18.2 Å². The smallest absolute Gasteiger partial charge is 0.0868 e. The molecule has 0 radical (unpaired) electrons. The minimum Gasteiger partial charge on any atom is -0.383 e. The van der Waals surface area contributed by atoms with Gasteiger partial charge in [-0.05, 0) is 37.0 Å². The van der Waals surface area contributed by atoms with Gasteiger partial charge in [-0.1, -0.05) is 18.2 Å². The summed E-state index contributed by atoms with van der Waals surface area (Å²) in [5, 5.41) is 3.46. The predicted molar refractivity (Wildman–Crippen MR) is 77.5 cm³/mol. The van der Waals surface area contributed by atoms with Crippen molar-refractivity contribution in [2.24, 2.45) is 5.92 Å². The van der Waals surface area contributed by atoms with E-state index in [9.17, 15) is 0 Å². The Morgan fingerprint density at radius 1 is 1.37 bits per heavy atom. The molecule has 1 aliphatic heterocycles. The van der Waals surface area contributed by atoms with E-state index in [1.165, 1.54) is 16.7 Å². The van der Waals surface area contributed by atoms with Crippen molar-refractivity contribution in [1.29, 1.82) is 0 Å². The first kappa shape index (κ1) is 14.5. The van der Waals surface area contributed by atoms with E-state index in [1.54, 1.807) is 7.11 Å². The highest BCUT2D eigenvalue weighted by Gasteiger charge is 2.30. The number of benzene rings is 1. The SMILES string of the molecule is COCCNCC1CCOC1c1cccc(C)c1C. The van der Waals surface area contributed by atoms with Crippen LogP contribution in [0.2, 0.25) is 0 Å². The highest BCUT2D eigenvalue weighted by atomic mass is 16.5. The maximum absolute atomic E-state index is 5.97. The highest BCUT2D eigenvalue weighted by Crippen LogP contribution is 2.36. The zero-order valence-corrected chi connectivity index (χ0v) is 12.2. The van der Waals surface area contributed by atoms with E-state index in [-0.39, 0.29) is 6.10 Å². The minimum absolute atomic E-state index is 0.245. The molecule has 1 N–H and O–H groups in total. The molecule has 19 heavy (non-hydrogen) atoms. The molecule has 0 amide bonds. The van der Waals surface area contributed by atoms with Gasteiger partial charge in [0.25, 0.3) is 0 Å². The van der Waals surface area contributed by atoms with Crippen LogP contribution in [-0.2, 0) is 9.47 Å². The molecule has 2 atom stereocenters. The summed E-state index contributed by atoms with van der Waals surface area (Å²) < 4.78 is 11.0. The monoisotopic (exact) mass is 263 g/mol. The molecule has 1 aliphatic rings. The van der Waals surface area contributed by atoms with Gasteiger partial charge in [-0.2, -0.15) is 0 Å². The summed E-state index contributed by atoms with van der Waals surface area (Å²) in [7, 11) is 1.74. The van der Waals surface area contributed by atoms with Crippen LogP contribution in [-0.4, -0.2) is 33.4 Å². The van der Waals surface area contributed by atoms with Gasteiger partial charge in [-0.25, -0.2) is 0 Å². The Morgan fingerprint density at radius 2 is 2.21 bits per heavy atom. The second-order valence-electron chi connectivity index (χ2n) is 5.33. The van der Waals surface area contributed by atoms with Crippen molar-refractivity contribution >= 4 is 0 Å². The molecule has 2 unspecified atom stereocenters. The Balaban J connectivity index is 2.00. The van der Waals surface area contributed by atoms with Crippen LogP contribution in [0.1, 0.15) is 29.2 Å². The van der Waals surface area contributed by atoms with E-state index in [2.05, 4.69) is 37.4 Å². The standard InChI is InChI=1S/C16H25NO2/c1-12-5-4-6-15(13(12)2)16-14(7-9-19-16)11-17-8-10-18-3/h4-6,14,16-17H,7-11H2,1-3H3. The van der Waals surface area contributed by atoms with Gasteiger partial charge in [0.15, 0.2) is 0 Å². The van der Waals surface area contributed by atoms with E-state index in [0.717, 1.165) is 32.7 Å². The first-order chi connectivity index (χ1) is 9.24. The summed E-state index contributed by atoms with van der Waals surface area (Å²) in [6.07, 6.45) is 1.38. The normalized spacial score (nSPS) is 22.9. The molecule has 1 aromatic rings. The van der Waals surface area contributed by atoms with E-state index in [4.69, 9.17) is 9.47 Å². The van der Waals surface area contributed by atoms with Gasteiger partial charge in [-0.15, -0.1) is 0 Å². The van der Waals surface area contributed by atoms with Gasteiger partial charge in [0.1, 0.15) is 0 Å². The molecule has 1 saturated heterocycles. The third-order valence-electron chi connectivity index (χ3n) is 4.06. The van der Waals surface area contributed by atoms with Crippen molar-refractivity contribution in [3.63, 3.8) is 0 Å². The maximum Gasteiger partial charge on any atom is 0.0868 e. The van der Waals surface area contributed by atoms with Gasteiger partial charge < -0.3 is 14.8 Å². The van der Waals surface area contributed by atoms with Crippen molar-refractivity contribution in [3.05, 3.63) is 34.9 Å². The molecule has 2 rings (SSSR count). The molecule has 1 fully saturated rings. The van der Waals surface area contributed by atoms with Crippen molar-refractivity contribution < 1.29 is 9.47 Å². The molecule has 0 aliphatic carbocycles. The molecule has 106 valence electrons. The summed E-state index contributed by atoms with van der Waals surface area (Å²) >= 11 is 0. The van der Waals surface area contributed by atoms with Gasteiger partial charge in [0.2, 0.25) is 0 Å². The van der Waals surface area contributed by atoms with Crippen molar-refractivity contribution in [1.82, 2.24) is 5.32 Å². The lowest BCUT2D eigenvalue weighted by molar-refractivity contribution is 0.0893. The lowest BCUT2D eigenvalue weighted by atomic mass is 9.91. The number of methoxy groups -OCH3 is 1. The van der Waals surface area contributed by atoms with Gasteiger partial charge >= 0.3 is 0 Å². The number of aryl methyl sites for hydroxylation is 1. The van der Waals surface area contributed by atoms with Crippen LogP contribution < -0.4 is 5.32 Å². The van der Waals surface area contributed by atoms with Gasteiger partial charge in [0, 0.05) is 32.7 Å². The summed E-state index contributed by atoms with van der Waals surface area (Å²) in [4.78, 5) is 0. The largest absolute Gasteiger partial charge is 0.383 e. The third-order valence-corrected chi connectivity index (χ3v) is 4.06. The fourth-order valence-corrected chi connectivity index (χ4v) is 2.73. The quantitative estimate of drug-likeness (QED) is 0.800. The Hall–Kier alpha value is -0.900. The van der Waals surface area contributed by atoms with E-state index in [1.807, 2.05) is 0 Å².